The second kappa shape index (κ2) is 7.94. The van der Waals surface area contributed by atoms with Crippen molar-refractivity contribution in [2.45, 2.75) is 13.3 Å². The topological polar surface area (TPSA) is 92.3 Å². The molecule has 1 fully saturated rings. The lowest BCUT2D eigenvalue weighted by Crippen LogP contribution is -2.41. The molecule has 1 aromatic heterocycles. The van der Waals surface area contributed by atoms with Gasteiger partial charge in [0, 0.05) is 32.6 Å². The van der Waals surface area contributed by atoms with Crippen LogP contribution in [0.25, 0.3) is 0 Å². The van der Waals surface area contributed by atoms with E-state index < -0.39 is 0 Å². The fraction of sp³-hybridized carbons (Fsp3) is 0.667. The number of nitrogens with zero attached hydrogens (tertiary/aromatic N) is 4. The highest BCUT2D eigenvalue weighted by atomic mass is 35.5. The summed E-state index contributed by atoms with van der Waals surface area (Å²) in [6, 6.07) is 0. The monoisotopic (exact) mass is 314 g/mol. The van der Waals surface area contributed by atoms with Gasteiger partial charge in [-0.3, -0.25) is 4.79 Å². The molecule has 2 heterocycles. The van der Waals surface area contributed by atoms with Gasteiger partial charge in [0.1, 0.15) is 0 Å². The number of rotatable bonds is 6. The number of amides is 1. The summed E-state index contributed by atoms with van der Waals surface area (Å²) in [7, 11) is 0. The molecule has 0 radical (unpaired) electrons. The summed E-state index contributed by atoms with van der Waals surface area (Å²) in [5.74, 6) is 0.873. The molecule has 21 heavy (non-hydrogen) atoms. The first kappa shape index (κ1) is 15.7. The number of ether oxygens (including phenoxy) is 1. The minimum absolute atomic E-state index is 0.0952. The molecular formula is C12H19ClN6O2. The third-order valence-electron chi connectivity index (χ3n) is 2.93. The molecule has 1 aliphatic heterocycles. The van der Waals surface area contributed by atoms with E-state index >= 15 is 0 Å². The Kier molecular flexibility index (Phi) is 5.94. The SMILES string of the molecule is CCNc1nc(Cl)nc(NCCC(=O)N2CCOCC2)n1. The molecule has 2 rings (SSSR count). The van der Waals surface area contributed by atoms with E-state index in [1.807, 2.05) is 6.92 Å². The molecule has 2 N–H and O–H groups in total. The second-order valence-corrected chi connectivity index (χ2v) is 4.79. The molecule has 0 unspecified atom stereocenters. The molecule has 0 saturated carbocycles. The lowest BCUT2D eigenvalue weighted by atomic mass is 10.3. The van der Waals surface area contributed by atoms with E-state index in [2.05, 4.69) is 25.6 Å². The Morgan fingerprint density at radius 2 is 1.90 bits per heavy atom. The number of morpholine rings is 1. The van der Waals surface area contributed by atoms with Gasteiger partial charge in [-0.2, -0.15) is 15.0 Å². The van der Waals surface area contributed by atoms with Gasteiger partial charge < -0.3 is 20.3 Å². The summed E-state index contributed by atoms with van der Waals surface area (Å²) in [5.41, 5.74) is 0. The van der Waals surface area contributed by atoms with Gasteiger partial charge in [-0.25, -0.2) is 0 Å². The van der Waals surface area contributed by atoms with Crippen LogP contribution in [0.15, 0.2) is 0 Å². The summed E-state index contributed by atoms with van der Waals surface area (Å²) in [4.78, 5) is 25.8. The molecule has 1 saturated heterocycles. The summed E-state index contributed by atoms with van der Waals surface area (Å²) < 4.78 is 5.21. The minimum Gasteiger partial charge on any atom is -0.378 e. The van der Waals surface area contributed by atoms with Crippen molar-refractivity contribution in [1.82, 2.24) is 19.9 Å². The van der Waals surface area contributed by atoms with Crippen molar-refractivity contribution in [2.24, 2.45) is 0 Å². The van der Waals surface area contributed by atoms with Gasteiger partial charge >= 0.3 is 0 Å². The molecule has 1 aromatic rings. The van der Waals surface area contributed by atoms with Crippen molar-refractivity contribution >= 4 is 29.4 Å². The van der Waals surface area contributed by atoms with Gasteiger partial charge in [0.15, 0.2) is 0 Å². The maximum Gasteiger partial charge on any atom is 0.228 e. The van der Waals surface area contributed by atoms with Crippen molar-refractivity contribution in [3.05, 3.63) is 5.28 Å². The van der Waals surface area contributed by atoms with Crippen LogP contribution in [0, 0.1) is 0 Å². The van der Waals surface area contributed by atoms with E-state index in [1.54, 1.807) is 4.90 Å². The third kappa shape index (κ3) is 4.98. The number of carbonyl (C=O) groups excluding carboxylic acids is 1. The Morgan fingerprint density at radius 3 is 2.57 bits per heavy atom. The predicted octanol–water partition coefficient (Wildman–Crippen LogP) is 0.618. The van der Waals surface area contributed by atoms with Crippen LogP contribution in [0.4, 0.5) is 11.9 Å². The van der Waals surface area contributed by atoms with Gasteiger partial charge in [0.05, 0.1) is 13.2 Å². The van der Waals surface area contributed by atoms with E-state index in [9.17, 15) is 4.79 Å². The third-order valence-corrected chi connectivity index (χ3v) is 3.10. The lowest BCUT2D eigenvalue weighted by Gasteiger charge is -2.26. The summed E-state index contributed by atoms with van der Waals surface area (Å²) in [5, 5.41) is 6.07. The smallest absolute Gasteiger partial charge is 0.228 e. The number of halogens is 1. The molecule has 8 nitrogen and oxygen atoms in total. The summed E-state index contributed by atoms with van der Waals surface area (Å²) in [6.45, 7) is 5.59. The number of carbonyl (C=O) groups is 1. The Bertz CT molecular complexity index is 481. The van der Waals surface area contributed by atoms with E-state index in [0.29, 0.717) is 57.7 Å². The molecule has 0 spiro atoms. The van der Waals surface area contributed by atoms with Crippen LogP contribution < -0.4 is 10.6 Å². The summed E-state index contributed by atoms with van der Waals surface area (Å²) in [6.07, 6.45) is 0.375. The molecule has 0 bridgehead atoms. The van der Waals surface area contributed by atoms with Crippen molar-refractivity contribution in [1.29, 1.82) is 0 Å². The van der Waals surface area contributed by atoms with Crippen molar-refractivity contribution < 1.29 is 9.53 Å². The number of anilines is 2. The quantitative estimate of drug-likeness (QED) is 0.795. The molecule has 116 valence electrons. The minimum atomic E-state index is 0.0952. The van der Waals surface area contributed by atoms with Crippen molar-refractivity contribution in [2.75, 3.05) is 50.0 Å². The number of hydrogen-bond acceptors (Lipinski definition) is 7. The zero-order valence-corrected chi connectivity index (χ0v) is 12.7. The Balaban J connectivity index is 1.81. The molecule has 0 aromatic carbocycles. The van der Waals surface area contributed by atoms with E-state index in [0.717, 1.165) is 0 Å². The molecule has 0 aliphatic carbocycles. The standard InChI is InChI=1S/C12H19ClN6O2/c1-2-14-11-16-10(13)17-12(18-11)15-4-3-9(20)19-5-7-21-8-6-19/h2-8H2,1H3,(H2,14,15,16,17,18). The van der Waals surface area contributed by atoms with Crippen LogP contribution in [-0.2, 0) is 9.53 Å². The average Bonchev–Trinajstić information content (AvgIpc) is 2.48. The van der Waals surface area contributed by atoms with Crippen LogP contribution in [0.1, 0.15) is 13.3 Å². The van der Waals surface area contributed by atoms with Crippen LogP contribution in [0.2, 0.25) is 5.28 Å². The normalized spacial score (nSPS) is 14.9. The molecular weight excluding hydrogens is 296 g/mol. The molecule has 1 amide bonds. The Morgan fingerprint density at radius 1 is 1.24 bits per heavy atom. The Hall–Kier alpha value is -1.67. The van der Waals surface area contributed by atoms with E-state index in [1.165, 1.54) is 0 Å². The average molecular weight is 315 g/mol. The largest absolute Gasteiger partial charge is 0.378 e. The van der Waals surface area contributed by atoms with Crippen LogP contribution in [-0.4, -0.2) is 65.2 Å². The highest BCUT2D eigenvalue weighted by Crippen LogP contribution is 2.09. The molecule has 9 heteroatoms. The fourth-order valence-corrected chi connectivity index (χ4v) is 2.08. The van der Waals surface area contributed by atoms with Gasteiger partial charge in [0.2, 0.25) is 23.1 Å². The number of aromatic nitrogens is 3. The van der Waals surface area contributed by atoms with Crippen molar-refractivity contribution in [3.63, 3.8) is 0 Å². The van der Waals surface area contributed by atoms with Gasteiger partial charge in [-0.1, -0.05) is 0 Å². The second-order valence-electron chi connectivity index (χ2n) is 4.45. The highest BCUT2D eigenvalue weighted by Gasteiger charge is 2.16. The first-order chi connectivity index (χ1) is 10.2. The van der Waals surface area contributed by atoms with Gasteiger partial charge in [-0.15, -0.1) is 0 Å². The lowest BCUT2D eigenvalue weighted by molar-refractivity contribution is -0.134. The van der Waals surface area contributed by atoms with Crippen LogP contribution in [0.5, 0.6) is 0 Å². The predicted molar refractivity (Wildman–Crippen MR) is 79.5 cm³/mol. The Labute approximate surface area is 128 Å². The van der Waals surface area contributed by atoms with Crippen LogP contribution >= 0.6 is 11.6 Å². The van der Waals surface area contributed by atoms with Crippen LogP contribution in [0.3, 0.4) is 0 Å². The van der Waals surface area contributed by atoms with E-state index in [-0.39, 0.29) is 11.2 Å². The maximum absolute atomic E-state index is 12.0. The van der Waals surface area contributed by atoms with Gasteiger partial charge in [0.25, 0.3) is 0 Å². The molecule has 0 atom stereocenters. The maximum atomic E-state index is 12.0. The number of nitrogens with one attached hydrogen (secondary N) is 2. The van der Waals surface area contributed by atoms with Gasteiger partial charge in [-0.05, 0) is 18.5 Å². The number of hydrogen-bond donors (Lipinski definition) is 2. The highest BCUT2D eigenvalue weighted by molar-refractivity contribution is 6.28. The van der Waals surface area contributed by atoms with E-state index in [4.69, 9.17) is 16.3 Å². The van der Waals surface area contributed by atoms with Crippen molar-refractivity contribution in [3.8, 4) is 0 Å². The summed E-state index contributed by atoms with van der Waals surface area (Å²) >= 11 is 5.82. The first-order valence-electron chi connectivity index (χ1n) is 6.94. The fourth-order valence-electron chi connectivity index (χ4n) is 1.92. The zero-order chi connectivity index (χ0) is 15.1. The zero-order valence-electron chi connectivity index (χ0n) is 11.9. The first-order valence-corrected chi connectivity index (χ1v) is 7.31. The molecule has 1 aliphatic rings.